The van der Waals surface area contributed by atoms with E-state index in [1.165, 1.54) is 34.6 Å². The molecule has 1 aliphatic carbocycles. The Bertz CT molecular complexity index is 1190. The lowest BCUT2D eigenvalue weighted by atomic mass is 9.95. The molecule has 3 atom stereocenters. The fraction of sp³-hybridized carbons (Fsp3) is 0.560. The number of rotatable bonds is 7. The van der Waals surface area contributed by atoms with Crippen molar-refractivity contribution in [2.24, 2.45) is 0 Å². The van der Waals surface area contributed by atoms with Gasteiger partial charge in [0.2, 0.25) is 10.0 Å². The Morgan fingerprint density at radius 3 is 2.47 bits per heavy atom. The third-order valence-corrected chi connectivity index (χ3v) is 9.81. The maximum Gasteiger partial charge on any atom is 0.421 e. The molecule has 0 aromatic heterocycles. The summed E-state index contributed by atoms with van der Waals surface area (Å²) in [7, 11) is -3.85. The van der Waals surface area contributed by atoms with E-state index in [0.29, 0.717) is 56.7 Å². The van der Waals surface area contributed by atoms with Crippen molar-refractivity contribution < 1.29 is 36.5 Å². The number of aliphatic hydroxyl groups is 2. The third kappa shape index (κ3) is 5.83. The highest BCUT2D eigenvalue weighted by Crippen LogP contribution is 2.39. The quantitative estimate of drug-likeness (QED) is 0.478. The van der Waals surface area contributed by atoms with Gasteiger partial charge in [0.25, 0.3) is 0 Å². The number of thiocarbonyl (C=S) groups is 1. The van der Waals surface area contributed by atoms with E-state index in [1.54, 1.807) is 12.2 Å². The SMILES string of the molecule is CC(O)(c1ccc(N2CCN(S(=O)(=O)C3=CC=CCC3=S)C[C@@H]2CN2CCOC[C@H]2CO)cc1)C(F)(F)F. The minimum absolute atomic E-state index is 0.112. The Kier molecular flexibility index (Phi) is 8.67. The maximum atomic E-state index is 13.5. The number of anilines is 1. The summed E-state index contributed by atoms with van der Waals surface area (Å²) in [5.41, 5.74) is -2.68. The Balaban J connectivity index is 1.62. The van der Waals surface area contributed by atoms with Gasteiger partial charge in [-0.05, 0) is 30.7 Å². The van der Waals surface area contributed by atoms with Crippen LogP contribution in [0.3, 0.4) is 0 Å². The van der Waals surface area contributed by atoms with Crippen LogP contribution in [-0.2, 0) is 20.4 Å². The highest BCUT2D eigenvalue weighted by Gasteiger charge is 2.51. The second-order valence-electron chi connectivity index (χ2n) is 9.82. The molecule has 2 aliphatic heterocycles. The van der Waals surface area contributed by atoms with Crippen molar-refractivity contribution in [1.29, 1.82) is 0 Å². The zero-order valence-corrected chi connectivity index (χ0v) is 22.6. The number of sulfonamides is 1. The fourth-order valence-electron chi connectivity index (χ4n) is 4.94. The Morgan fingerprint density at radius 1 is 1.13 bits per heavy atom. The summed E-state index contributed by atoms with van der Waals surface area (Å²) in [5, 5.41) is 19.9. The van der Waals surface area contributed by atoms with Crippen LogP contribution in [-0.4, -0.2) is 104 Å². The summed E-state index contributed by atoms with van der Waals surface area (Å²) in [4.78, 5) is 4.48. The number of nitrogens with zero attached hydrogens (tertiary/aromatic N) is 3. The van der Waals surface area contributed by atoms with E-state index in [0.717, 1.165) is 0 Å². The lowest BCUT2D eigenvalue weighted by Gasteiger charge is -2.46. The van der Waals surface area contributed by atoms with Gasteiger partial charge in [-0.15, -0.1) is 0 Å². The topological polar surface area (TPSA) is 93.6 Å². The number of benzene rings is 1. The molecule has 210 valence electrons. The van der Waals surface area contributed by atoms with Gasteiger partial charge in [0.05, 0.1) is 36.8 Å². The summed E-state index contributed by atoms with van der Waals surface area (Å²) in [6.07, 6.45) is 0.528. The Hall–Kier alpha value is -1.87. The van der Waals surface area contributed by atoms with Gasteiger partial charge in [-0.25, -0.2) is 8.42 Å². The zero-order valence-electron chi connectivity index (χ0n) is 21.0. The molecule has 1 unspecified atom stereocenters. The van der Waals surface area contributed by atoms with E-state index in [4.69, 9.17) is 17.0 Å². The van der Waals surface area contributed by atoms with Crippen LogP contribution in [0.25, 0.3) is 0 Å². The van der Waals surface area contributed by atoms with Crippen LogP contribution in [0.5, 0.6) is 0 Å². The van der Waals surface area contributed by atoms with E-state index in [9.17, 15) is 31.8 Å². The number of halogens is 3. The number of hydrogen-bond acceptors (Lipinski definition) is 8. The summed E-state index contributed by atoms with van der Waals surface area (Å²) in [6.45, 7) is 2.95. The van der Waals surface area contributed by atoms with Crippen molar-refractivity contribution in [3.05, 3.63) is 53.0 Å². The van der Waals surface area contributed by atoms with Gasteiger partial charge in [0.15, 0.2) is 5.60 Å². The van der Waals surface area contributed by atoms with E-state index in [1.807, 2.05) is 9.80 Å². The highest BCUT2D eigenvalue weighted by molar-refractivity contribution is 7.96. The Labute approximate surface area is 226 Å². The summed E-state index contributed by atoms with van der Waals surface area (Å²) < 4.78 is 73.9. The minimum atomic E-state index is -4.84. The first-order valence-electron chi connectivity index (χ1n) is 12.4. The second-order valence-corrected chi connectivity index (χ2v) is 12.2. The van der Waals surface area contributed by atoms with Crippen molar-refractivity contribution in [1.82, 2.24) is 9.21 Å². The van der Waals surface area contributed by atoms with Gasteiger partial charge < -0.3 is 19.8 Å². The van der Waals surface area contributed by atoms with Gasteiger partial charge in [-0.1, -0.05) is 36.5 Å². The minimum Gasteiger partial charge on any atom is -0.395 e. The van der Waals surface area contributed by atoms with Crippen LogP contribution >= 0.6 is 12.2 Å². The maximum absolute atomic E-state index is 13.5. The largest absolute Gasteiger partial charge is 0.421 e. The number of allylic oxidation sites excluding steroid dienone is 4. The first-order valence-corrected chi connectivity index (χ1v) is 14.2. The number of ether oxygens (including phenoxy) is 1. The van der Waals surface area contributed by atoms with Crippen LogP contribution in [0, 0.1) is 0 Å². The molecule has 2 saturated heterocycles. The molecule has 38 heavy (non-hydrogen) atoms. The molecule has 0 saturated carbocycles. The predicted molar refractivity (Wildman–Crippen MR) is 141 cm³/mol. The lowest BCUT2D eigenvalue weighted by Crippen LogP contribution is -2.61. The molecule has 4 rings (SSSR count). The van der Waals surface area contributed by atoms with E-state index < -0.39 is 21.8 Å². The lowest BCUT2D eigenvalue weighted by molar-refractivity contribution is -0.258. The fourth-order valence-corrected chi connectivity index (χ4v) is 7.01. The van der Waals surface area contributed by atoms with Crippen molar-refractivity contribution >= 4 is 32.8 Å². The number of aliphatic hydroxyl groups excluding tert-OH is 1. The van der Waals surface area contributed by atoms with Gasteiger partial charge >= 0.3 is 6.18 Å². The van der Waals surface area contributed by atoms with Gasteiger partial charge in [-0.2, -0.15) is 17.5 Å². The molecule has 0 spiro atoms. The van der Waals surface area contributed by atoms with Crippen molar-refractivity contribution in [2.45, 2.75) is 37.2 Å². The van der Waals surface area contributed by atoms with Gasteiger partial charge in [0.1, 0.15) is 0 Å². The summed E-state index contributed by atoms with van der Waals surface area (Å²) in [6, 6.07) is 4.89. The van der Waals surface area contributed by atoms with Crippen LogP contribution in [0.4, 0.5) is 18.9 Å². The molecule has 2 heterocycles. The molecule has 1 aromatic carbocycles. The molecule has 0 bridgehead atoms. The number of hydrogen-bond donors (Lipinski definition) is 2. The number of piperazine rings is 1. The Morgan fingerprint density at radius 2 is 1.84 bits per heavy atom. The molecule has 8 nitrogen and oxygen atoms in total. The van der Waals surface area contributed by atoms with E-state index in [-0.39, 0.29) is 42.2 Å². The van der Waals surface area contributed by atoms with Gasteiger partial charge in [0, 0.05) is 49.7 Å². The van der Waals surface area contributed by atoms with Crippen LogP contribution in [0.2, 0.25) is 0 Å². The van der Waals surface area contributed by atoms with Crippen LogP contribution < -0.4 is 4.90 Å². The second kappa shape index (κ2) is 11.3. The van der Waals surface area contributed by atoms with E-state index >= 15 is 0 Å². The molecule has 13 heteroatoms. The molecule has 2 fully saturated rings. The molecule has 0 amide bonds. The molecule has 0 radical (unpaired) electrons. The van der Waals surface area contributed by atoms with Crippen LogP contribution in [0.15, 0.2) is 47.4 Å². The van der Waals surface area contributed by atoms with E-state index in [2.05, 4.69) is 0 Å². The predicted octanol–water partition coefficient (Wildman–Crippen LogP) is 2.18. The highest BCUT2D eigenvalue weighted by atomic mass is 32.2. The van der Waals surface area contributed by atoms with Crippen molar-refractivity contribution in [2.75, 3.05) is 57.4 Å². The first kappa shape index (κ1) is 29.1. The zero-order chi connectivity index (χ0) is 27.7. The summed E-state index contributed by atoms with van der Waals surface area (Å²) >= 11 is 5.32. The molecular formula is C25H32F3N3O5S2. The average molecular weight is 576 g/mol. The standard InChI is InChI=1S/C25H32F3N3O5S2/c1-24(33,25(26,27)28)18-6-8-19(9-7-18)31-11-10-30(38(34,35)23-5-3-2-4-22(23)37)15-20(31)14-29-12-13-36-17-21(29)16-32/h2-3,5-9,20-21,32-33H,4,10-17H2,1H3/t20-,21+,24?/m0/s1. The van der Waals surface area contributed by atoms with Crippen LogP contribution in [0.1, 0.15) is 18.9 Å². The average Bonchev–Trinajstić information content (AvgIpc) is 2.88. The first-order chi connectivity index (χ1) is 17.9. The number of alkyl halides is 3. The normalized spacial score (nSPS) is 25.8. The summed E-state index contributed by atoms with van der Waals surface area (Å²) in [5.74, 6) is 0. The molecule has 3 aliphatic rings. The number of morpholine rings is 1. The van der Waals surface area contributed by atoms with Crippen molar-refractivity contribution in [3.8, 4) is 0 Å². The molecular weight excluding hydrogens is 543 g/mol. The molecule has 2 N–H and O–H groups in total. The third-order valence-electron chi connectivity index (χ3n) is 7.34. The smallest absolute Gasteiger partial charge is 0.395 e. The van der Waals surface area contributed by atoms with Gasteiger partial charge in [-0.3, -0.25) is 4.90 Å². The van der Waals surface area contributed by atoms with Crippen molar-refractivity contribution in [3.63, 3.8) is 0 Å². The monoisotopic (exact) mass is 575 g/mol. The molecule has 1 aromatic rings.